The van der Waals surface area contributed by atoms with Crippen LogP contribution in [0.4, 0.5) is 0 Å². The van der Waals surface area contributed by atoms with Crippen LogP contribution in [0.25, 0.3) is 0 Å². The summed E-state index contributed by atoms with van der Waals surface area (Å²) >= 11 is 5.85. The van der Waals surface area contributed by atoms with Crippen LogP contribution in [-0.4, -0.2) is 23.9 Å². The monoisotopic (exact) mass is 339 g/mol. The normalized spacial score (nSPS) is 15.0. The molecule has 2 amide bonds. The summed E-state index contributed by atoms with van der Waals surface area (Å²) in [6, 6.07) is 7.15. The highest BCUT2D eigenvalue weighted by Gasteiger charge is 2.31. The molecule has 0 fully saturated rings. The lowest BCUT2D eigenvalue weighted by Crippen LogP contribution is -2.56. The molecule has 6 heteroatoms. The lowest BCUT2D eigenvalue weighted by atomic mass is 9.90. The maximum Gasteiger partial charge on any atom is 0.237 e. The first-order valence-corrected chi connectivity index (χ1v) is 8.11. The topological polar surface area (TPSA) is 84.2 Å². The molecule has 0 saturated carbocycles. The van der Waals surface area contributed by atoms with Crippen LogP contribution in [-0.2, 0) is 9.59 Å². The number of nitrogens with one attached hydrogen (secondary N) is 2. The van der Waals surface area contributed by atoms with E-state index in [4.69, 9.17) is 17.3 Å². The Hall–Kier alpha value is -1.59. The third-order valence-electron chi connectivity index (χ3n) is 3.75. The molecule has 1 aromatic carbocycles. The minimum atomic E-state index is -0.894. The van der Waals surface area contributed by atoms with Crippen LogP contribution in [0.5, 0.6) is 0 Å². The molecule has 2 atom stereocenters. The Morgan fingerprint density at radius 2 is 1.78 bits per heavy atom. The van der Waals surface area contributed by atoms with Crippen molar-refractivity contribution in [3.63, 3.8) is 0 Å². The Kier molecular flexibility index (Phi) is 7.03. The van der Waals surface area contributed by atoms with Crippen LogP contribution < -0.4 is 16.4 Å². The Labute approximate surface area is 143 Å². The third-order valence-corrected chi connectivity index (χ3v) is 4.00. The van der Waals surface area contributed by atoms with Gasteiger partial charge in [-0.1, -0.05) is 37.6 Å². The molecule has 0 aliphatic carbocycles. The molecule has 0 spiro atoms. The fourth-order valence-corrected chi connectivity index (χ4v) is 2.61. The van der Waals surface area contributed by atoms with Gasteiger partial charge in [0.15, 0.2) is 0 Å². The van der Waals surface area contributed by atoms with Gasteiger partial charge in [0.2, 0.25) is 11.8 Å². The van der Waals surface area contributed by atoms with Gasteiger partial charge in [-0.3, -0.25) is 14.9 Å². The SMILES string of the molecule is CC(C)C[C@](C)(NCC(=O)N[C@H](C)c1ccc(Cl)cc1)C(N)=O. The average Bonchev–Trinajstić information content (AvgIpc) is 2.45. The van der Waals surface area contributed by atoms with E-state index in [2.05, 4.69) is 10.6 Å². The largest absolute Gasteiger partial charge is 0.368 e. The van der Waals surface area contributed by atoms with Gasteiger partial charge in [0.05, 0.1) is 18.1 Å². The summed E-state index contributed by atoms with van der Waals surface area (Å²) < 4.78 is 0. The first-order chi connectivity index (χ1) is 10.6. The van der Waals surface area contributed by atoms with E-state index in [1.165, 1.54) is 0 Å². The number of amides is 2. The number of carbonyl (C=O) groups excluding carboxylic acids is 2. The number of hydrogen-bond acceptors (Lipinski definition) is 3. The van der Waals surface area contributed by atoms with E-state index in [1.807, 2.05) is 32.9 Å². The number of primary amides is 1. The quantitative estimate of drug-likeness (QED) is 0.680. The molecular formula is C17H26ClN3O2. The fourth-order valence-electron chi connectivity index (χ4n) is 2.48. The first kappa shape index (κ1) is 19.5. The minimum absolute atomic E-state index is 0.0318. The van der Waals surface area contributed by atoms with Gasteiger partial charge in [-0.15, -0.1) is 0 Å². The van der Waals surface area contributed by atoms with Crippen LogP contribution >= 0.6 is 11.6 Å². The predicted molar refractivity (Wildman–Crippen MR) is 93.1 cm³/mol. The molecular weight excluding hydrogens is 314 g/mol. The van der Waals surface area contributed by atoms with Crippen molar-refractivity contribution in [2.45, 2.75) is 45.7 Å². The Balaban J connectivity index is 2.58. The highest BCUT2D eigenvalue weighted by molar-refractivity contribution is 6.30. The van der Waals surface area contributed by atoms with Crippen molar-refractivity contribution in [2.24, 2.45) is 11.7 Å². The van der Waals surface area contributed by atoms with Gasteiger partial charge >= 0.3 is 0 Å². The van der Waals surface area contributed by atoms with Gasteiger partial charge in [-0.2, -0.15) is 0 Å². The maximum absolute atomic E-state index is 12.1. The van der Waals surface area contributed by atoms with E-state index in [1.54, 1.807) is 19.1 Å². The number of carbonyl (C=O) groups is 2. The average molecular weight is 340 g/mol. The molecule has 0 aliphatic heterocycles. The second-order valence-corrected chi connectivity index (χ2v) is 6.93. The Morgan fingerprint density at radius 3 is 2.26 bits per heavy atom. The van der Waals surface area contributed by atoms with Gasteiger partial charge in [0, 0.05) is 5.02 Å². The van der Waals surface area contributed by atoms with E-state index in [9.17, 15) is 9.59 Å². The lowest BCUT2D eigenvalue weighted by molar-refractivity contribution is -0.125. The minimum Gasteiger partial charge on any atom is -0.368 e. The number of hydrogen-bond donors (Lipinski definition) is 3. The summed E-state index contributed by atoms with van der Waals surface area (Å²) in [5.74, 6) is -0.357. The molecule has 4 N–H and O–H groups in total. The van der Waals surface area contributed by atoms with Gasteiger partial charge in [0.25, 0.3) is 0 Å². The summed E-state index contributed by atoms with van der Waals surface area (Å²) in [5, 5.41) is 6.52. The van der Waals surface area contributed by atoms with Crippen LogP contribution in [0.3, 0.4) is 0 Å². The van der Waals surface area contributed by atoms with Gasteiger partial charge in [0.1, 0.15) is 0 Å². The van der Waals surface area contributed by atoms with E-state index < -0.39 is 11.4 Å². The van der Waals surface area contributed by atoms with Crippen molar-refractivity contribution in [2.75, 3.05) is 6.54 Å². The lowest BCUT2D eigenvalue weighted by Gasteiger charge is -2.29. The standard InChI is InChI=1S/C17H26ClN3O2/c1-11(2)9-17(4,16(19)23)20-10-15(22)21-12(3)13-5-7-14(18)8-6-13/h5-8,11-12,20H,9-10H2,1-4H3,(H2,19,23)(H,21,22)/t12-,17+/m1/s1. The van der Waals surface area contributed by atoms with E-state index >= 15 is 0 Å². The van der Waals surface area contributed by atoms with E-state index in [0.717, 1.165) is 5.56 Å². The molecule has 0 aliphatic rings. The molecule has 0 heterocycles. The molecule has 1 rings (SSSR count). The number of rotatable bonds is 8. The smallest absolute Gasteiger partial charge is 0.237 e. The van der Waals surface area contributed by atoms with Crippen molar-refractivity contribution in [3.8, 4) is 0 Å². The van der Waals surface area contributed by atoms with Crippen LogP contribution in [0.2, 0.25) is 5.02 Å². The van der Waals surface area contributed by atoms with Crippen molar-refractivity contribution in [3.05, 3.63) is 34.9 Å². The molecule has 0 unspecified atom stereocenters. The highest BCUT2D eigenvalue weighted by Crippen LogP contribution is 2.17. The summed E-state index contributed by atoms with van der Waals surface area (Å²) in [7, 11) is 0. The zero-order chi connectivity index (χ0) is 17.6. The Morgan fingerprint density at radius 1 is 1.22 bits per heavy atom. The van der Waals surface area contributed by atoms with Gasteiger partial charge < -0.3 is 11.1 Å². The number of halogens is 1. The van der Waals surface area contributed by atoms with Crippen molar-refractivity contribution in [1.82, 2.24) is 10.6 Å². The maximum atomic E-state index is 12.1. The van der Waals surface area contributed by atoms with Crippen LogP contribution in [0.1, 0.15) is 45.7 Å². The number of benzene rings is 1. The molecule has 128 valence electrons. The first-order valence-electron chi connectivity index (χ1n) is 7.74. The van der Waals surface area contributed by atoms with Crippen molar-refractivity contribution in [1.29, 1.82) is 0 Å². The zero-order valence-corrected chi connectivity index (χ0v) is 14.9. The van der Waals surface area contributed by atoms with Crippen molar-refractivity contribution < 1.29 is 9.59 Å². The van der Waals surface area contributed by atoms with E-state index in [-0.39, 0.29) is 24.4 Å². The van der Waals surface area contributed by atoms with Crippen LogP contribution in [0.15, 0.2) is 24.3 Å². The van der Waals surface area contributed by atoms with Gasteiger partial charge in [-0.05, 0) is 43.9 Å². The Bertz CT molecular complexity index is 545. The molecule has 5 nitrogen and oxygen atoms in total. The second-order valence-electron chi connectivity index (χ2n) is 6.49. The molecule has 0 saturated heterocycles. The second kappa shape index (κ2) is 8.31. The van der Waals surface area contributed by atoms with E-state index in [0.29, 0.717) is 11.4 Å². The summed E-state index contributed by atoms with van der Waals surface area (Å²) in [6.45, 7) is 7.66. The summed E-state index contributed by atoms with van der Waals surface area (Å²) in [4.78, 5) is 23.8. The van der Waals surface area contributed by atoms with Crippen molar-refractivity contribution >= 4 is 23.4 Å². The summed E-state index contributed by atoms with van der Waals surface area (Å²) in [6.07, 6.45) is 0.572. The predicted octanol–water partition coefficient (Wildman–Crippen LogP) is 2.40. The third kappa shape index (κ3) is 6.20. The fraction of sp³-hybridized carbons (Fsp3) is 0.529. The highest BCUT2D eigenvalue weighted by atomic mass is 35.5. The molecule has 23 heavy (non-hydrogen) atoms. The van der Waals surface area contributed by atoms with Gasteiger partial charge in [-0.25, -0.2) is 0 Å². The van der Waals surface area contributed by atoms with Crippen LogP contribution in [0, 0.1) is 5.92 Å². The molecule has 0 bridgehead atoms. The summed E-state index contributed by atoms with van der Waals surface area (Å²) in [5.41, 5.74) is 5.53. The zero-order valence-electron chi connectivity index (χ0n) is 14.2. The molecule has 0 aromatic heterocycles. The molecule has 1 aromatic rings. The molecule has 0 radical (unpaired) electrons. The number of nitrogens with two attached hydrogens (primary N) is 1.